The molecule has 7 nitrogen and oxygen atoms in total. The van der Waals surface area contributed by atoms with E-state index in [1.165, 1.54) is 11.1 Å². The first-order valence-corrected chi connectivity index (χ1v) is 8.93. The number of carbonyl (C=O) groups is 1. The van der Waals surface area contributed by atoms with Gasteiger partial charge in [-0.15, -0.1) is 24.0 Å². The second kappa shape index (κ2) is 10.3. The Morgan fingerprint density at radius 3 is 2.56 bits per heavy atom. The smallest absolute Gasteiger partial charge is 0.222 e. The van der Waals surface area contributed by atoms with Crippen molar-refractivity contribution in [1.82, 2.24) is 25.3 Å². The number of hydrogen-bond acceptors (Lipinski definition) is 3. The highest BCUT2D eigenvalue weighted by molar-refractivity contribution is 14.0. The Labute approximate surface area is 177 Å². The lowest BCUT2D eigenvalue weighted by molar-refractivity contribution is -0.128. The summed E-state index contributed by atoms with van der Waals surface area (Å²) in [6.45, 7) is 2.84. The number of aromatic nitrogens is 2. The van der Waals surface area contributed by atoms with Crippen LogP contribution in [0.2, 0.25) is 0 Å². The molecule has 2 aromatic rings. The average Bonchev–Trinajstić information content (AvgIpc) is 3.25. The SMILES string of the molecule is CN=C(NCc1ccccc1CN1CCCC1=O)NCc1ccnn1C.I. The second-order valence-electron chi connectivity index (χ2n) is 6.41. The van der Waals surface area contributed by atoms with E-state index in [0.717, 1.165) is 24.6 Å². The van der Waals surface area contributed by atoms with Crippen LogP contribution in [-0.2, 0) is 31.5 Å². The van der Waals surface area contributed by atoms with Gasteiger partial charge in [0, 0.05) is 46.3 Å². The highest BCUT2D eigenvalue weighted by Gasteiger charge is 2.20. The van der Waals surface area contributed by atoms with Crippen LogP contribution in [0.25, 0.3) is 0 Å². The predicted molar refractivity (Wildman–Crippen MR) is 117 cm³/mol. The zero-order valence-corrected chi connectivity index (χ0v) is 18.1. The molecule has 0 atom stereocenters. The van der Waals surface area contributed by atoms with E-state index in [0.29, 0.717) is 26.1 Å². The number of carbonyl (C=O) groups excluding carboxylic acids is 1. The van der Waals surface area contributed by atoms with Gasteiger partial charge in [0.1, 0.15) is 0 Å². The molecule has 3 rings (SSSR count). The normalized spacial score (nSPS) is 14.2. The molecule has 1 fully saturated rings. The number of nitrogens with one attached hydrogen (secondary N) is 2. The summed E-state index contributed by atoms with van der Waals surface area (Å²) in [4.78, 5) is 18.1. The molecule has 1 saturated heterocycles. The first kappa shape index (κ1) is 21.2. The Morgan fingerprint density at radius 2 is 1.93 bits per heavy atom. The lowest BCUT2D eigenvalue weighted by Gasteiger charge is -2.19. The van der Waals surface area contributed by atoms with Gasteiger partial charge in [-0.25, -0.2) is 0 Å². The molecule has 2 N–H and O–H groups in total. The zero-order chi connectivity index (χ0) is 18.4. The maximum Gasteiger partial charge on any atom is 0.222 e. The standard InChI is InChI=1S/C19H26N6O.HI/c1-20-19(22-13-17-9-10-23-24(17)2)21-12-15-6-3-4-7-16(15)14-25-11-5-8-18(25)26;/h3-4,6-7,9-10H,5,8,11-14H2,1-2H3,(H2,20,21,22);1H. The maximum atomic E-state index is 11.9. The summed E-state index contributed by atoms with van der Waals surface area (Å²) in [5, 5.41) is 10.8. The number of hydrogen-bond donors (Lipinski definition) is 2. The molecule has 1 amide bonds. The van der Waals surface area contributed by atoms with Crippen LogP contribution in [0.15, 0.2) is 41.5 Å². The highest BCUT2D eigenvalue weighted by Crippen LogP contribution is 2.17. The van der Waals surface area contributed by atoms with Gasteiger partial charge in [-0.05, 0) is 23.6 Å². The summed E-state index contributed by atoms with van der Waals surface area (Å²) < 4.78 is 1.84. The van der Waals surface area contributed by atoms with Crippen LogP contribution in [-0.4, -0.2) is 40.1 Å². The lowest BCUT2D eigenvalue weighted by Crippen LogP contribution is -2.37. The fourth-order valence-electron chi connectivity index (χ4n) is 3.11. The van der Waals surface area contributed by atoms with E-state index in [9.17, 15) is 4.79 Å². The predicted octanol–water partition coefficient (Wildman–Crippen LogP) is 2.03. The van der Waals surface area contributed by atoms with Crippen LogP contribution < -0.4 is 10.6 Å². The Bertz CT molecular complexity index is 788. The van der Waals surface area contributed by atoms with E-state index in [2.05, 4.69) is 32.9 Å². The monoisotopic (exact) mass is 482 g/mol. The third kappa shape index (κ3) is 5.69. The van der Waals surface area contributed by atoms with Crippen molar-refractivity contribution in [3.63, 3.8) is 0 Å². The Kier molecular flexibility index (Phi) is 8.08. The molecule has 1 aliphatic rings. The van der Waals surface area contributed by atoms with Gasteiger partial charge in [-0.3, -0.25) is 14.5 Å². The number of aryl methyl sites for hydroxylation is 1. The fourth-order valence-corrected chi connectivity index (χ4v) is 3.11. The lowest BCUT2D eigenvalue weighted by atomic mass is 10.1. The van der Waals surface area contributed by atoms with Crippen LogP contribution in [0.1, 0.15) is 29.7 Å². The number of aliphatic imine (C=N–C) groups is 1. The number of likely N-dealkylation sites (tertiary alicyclic amines) is 1. The average molecular weight is 482 g/mol. The molecule has 0 bridgehead atoms. The molecule has 0 radical (unpaired) electrons. The van der Waals surface area contributed by atoms with Gasteiger partial charge in [0.2, 0.25) is 5.91 Å². The highest BCUT2D eigenvalue weighted by atomic mass is 127. The van der Waals surface area contributed by atoms with E-state index in [1.54, 1.807) is 13.2 Å². The fraction of sp³-hybridized carbons (Fsp3) is 0.421. The minimum atomic E-state index is 0. The zero-order valence-electron chi connectivity index (χ0n) is 15.8. The van der Waals surface area contributed by atoms with Crippen LogP contribution >= 0.6 is 24.0 Å². The van der Waals surface area contributed by atoms with Gasteiger partial charge in [-0.2, -0.15) is 5.10 Å². The molecule has 0 aliphatic carbocycles. The molecule has 1 aromatic carbocycles. The van der Waals surface area contributed by atoms with E-state index < -0.39 is 0 Å². The quantitative estimate of drug-likeness (QED) is 0.376. The van der Waals surface area contributed by atoms with Crippen molar-refractivity contribution < 1.29 is 4.79 Å². The first-order chi connectivity index (χ1) is 12.7. The molecular formula is C19H27IN6O. The van der Waals surface area contributed by atoms with Gasteiger partial charge in [0.05, 0.1) is 12.2 Å². The number of nitrogens with zero attached hydrogens (tertiary/aromatic N) is 4. The molecule has 0 unspecified atom stereocenters. The number of rotatable bonds is 6. The van der Waals surface area contributed by atoms with Crippen molar-refractivity contribution in [3.8, 4) is 0 Å². The summed E-state index contributed by atoms with van der Waals surface area (Å²) >= 11 is 0. The van der Waals surface area contributed by atoms with Gasteiger partial charge >= 0.3 is 0 Å². The molecule has 1 aliphatic heterocycles. The number of amides is 1. The van der Waals surface area contributed by atoms with E-state index in [4.69, 9.17) is 0 Å². The summed E-state index contributed by atoms with van der Waals surface area (Å²) in [6, 6.07) is 10.2. The van der Waals surface area contributed by atoms with Gasteiger partial charge in [0.15, 0.2) is 5.96 Å². The van der Waals surface area contributed by atoms with Crippen molar-refractivity contribution in [2.75, 3.05) is 13.6 Å². The minimum Gasteiger partial charge on any atom is -0.352 e. The maximum absolute atomic E-state index is 11.9. The van der Waals surface area contributed by atoms with E-state index in [1.807, 2.05) is 34.8 Å². The molecule has 27 heavy (non-hydrogen) atoms. The summed E-state index contributed by atoms with van der Waals surface area (Å²) in [5.41, 5.74) is 3.44. The molecule has 8 heteroatoms. The molecule has 1 aromatic heterocycles. The van der Waals surface area contributed by atoms with E-state index in [-0.39, 0.29) is 29.9 Å². The number of halogens is 1. The second-order valence-corrected chi connectivity index (χ2v) is 6.41. The van der Waals surface area contributed by atoms with Gasteiger partial charge < -0.3 is 15.5 Å². The Balaban J connectivity index is 0.00000261. The Hall–Kier alpha value is -2.10. The van der Waals surface area contributed by atoms with Crippen molar-refractivity contribution in [2.24, 2.45) is 12.0 Å². The summed E-state index contributed by atoms with van der Waals surface area (Å²) in [6.07, 6.45) is 3.41. The molecular weight excluding hydrogens is 455 g/mol. The van der Waals surface area contributed by atoms with Crippen LogP contribution in [0, 0.1) is 0 Å². The molecule has 146 valence electrons. The first-order valence-electron chi connectivity index (χ1n) is 8.93. The molecule has 0 saturated carbocycles. The van der Waals surface area contributed by atoms with Gasteiger partial charge in [0.25, 0.3) is 0 Å². The summed E-state index contributed by atoms with van der Waals surface area (Å²) in [7, 11) is 3.68. The number of guanidine groups is 1. The summed E-state index contributed by atoms with van der Waals surface area (Å²) in [5.74, 6) is 0.986. The van der Waals surface area contributed by atoms with Crippen LogP contribution in [0.5, 0.6) is 0 Å². The van der Waals surface area contributed by atoms with Crippen molar-refractivity contribution in [1.29, 1.82) is 0 Å². The van der Waals surface area contributed by atoms with Crippen LogP contribution in [0.4, 0.5) is 0 Å². The van der Waals surface area contributed by atoms with Crippen molar-refractivity contribution >= 4 is 35.8 Å². The van der Waals surface area contributed by atoms with Gasteiger partial charge in [-0.1, -0.05) is 24.3 Å². The number of benzene rings is 1. The minimum absolute atomic E-state index is 0. The van der Waals surface area contributed by atoms with E-state index >= 15 is 0 Å². The van der Waals surface area contributed by atoms with Crippen molar-refractivity contribution in [2.45, 2.75) is 32.5 Å². The third-order valence-electron chi connectivity index (χ3n) is 4.68. The van der Waals surface area contributed by atoms with Crippen molar-refractivity contribution in [3.05, 3.63) is 53.3 Å². The topological polar surface area (TPSA) is 74.6 Å². The van der Waals surface area contributed by atoms with Crippen LogP contribution in [0.3, 0.4) is 0 Å². The largest absolute Gasteiger partial charge is 0.352 e. The molecule has 0 spiro atoms. The molecule has 2 heterocycles. The third-order valence-corrected chi connectivity index (χ3v) is 4.68. The Morgan fingerprint density at radius 1 is 1.19 bits per heavy atom.